The Bertz CT molecular complexity index is 451. The molecule has 2 heterocycles. The van der Waals surface area contributed by atoms with Gasteiger partial charge in [-0.25, -0.2) is 9.97 Å². The van der Waals surface area contributed by atoms with Crippen LogP contribution >= 0.6 is 0 Å². The van der Waals surface area contributed by atoms with Crippen LogP contribution < -0.4 is 5.32 Å². The summed E-state index contributed by atoms with van der Waals surface area (Å²) in [5, 5.41) is 7.44. The van der Waals surface area contributed by atoms with Gasteiger partial charge in [0.25, 0.3) is 0 Å². The topological polar surface area (TPSA) is 55.6 Å². The number of hydrogen-bond donors (Lipinski definition) is 1. The maximum Gasteiger partial charge on any atom is 0.115 e. The molecule has 0 bridgehead atoms. The lowest BCUT2D eigenvalue weighted by molar-refractivity contribution is 0.534. The van der Waals surface area contributed by atoms with E-state index in [0.29, 0.717) is 0 Å². The molecule has 2 aromatic heterocycles. The van der Waals surface area contributed by atoms with Gasteiger partial charge in [-0.1, -0.05) is 0 Å². The van der Waals surface area contributed by atoms with Crippen LogP contribution in [0.1, 0.15) is 23.7 Å². The van der Waals surface area contributed by atoms with E-state index < -0.39 is 0 Å². The van der Waals surface area contributed by atoms with Crippen LogP contribution in [0.15, 0.2) is 31.0 Å². The molecule has 17 heavy (non-hydrogen) atoms. The molecule has 5 nitrogen and oxygen atoms in total. The molecule has 0 fully saturated rings. The number of aromatic nitrogens is 4. The van der Waals surface area contributed by atoms with E-state index in [2.05, 4.69) is 20.4 Å². The fourth-order valence-corrected chi connectivity index (χ4v) is 1.86. The van der Waals surface area contributed by atoms with Crippen LogP contribution in [0.5, 0.6) is 0 Å². The van der Waals surface area contributed by atoms with Gasteiger partial charge in [0.05, 0.1) is 11.9 Å². The lowest BCUT2D eigenvalue weighted by atomic mass is 10.1. The zero-order chi connectivity index (χ0) is 12.1. The molecule has 0 aliphatic rings. The molecule has 2 rings (SSSR count). The number of rotatable bonds is 5. The zero-order valence-electron chi connectivity index (χ0n) is 10.2. The fourth-order valence-electron chi connectivity index (χ4n) is 1.86. The van der Waals surface area contributed by atoms with Gasteiger partial charge in [0.2, 0.25) is 0 Å². The molecule has 0 saturated carbocycles. The molecular formula is C12H17N5. The normalized spacial score (nSPS) is 12.6. The monoisotopic (exact) mass is 231 g/mol. The number of hydrogen-bond acceptors (Lipinski definition) is 4. The summed E-state index contributed by atoms with van der Waals surface area (Å²) in [6.07, 6.45) is 9.31. The molecule has 1 N–H and O–H groups in total. The van der Waals surface area contributed by atoms with Crippen LogP contribution in [0.2, 0.25) is 0 Å². The average molecular weight is 231 g/mol. The van der Waals surface area contributed by atoms with Crippen LogP contribution in [-0.4, -0.2) is 26.8 Å². The van der Waals surface area contributed by atoms with Gasteiger partial charge in [0, 0.05) is 25.5 Å². The highest BCUT2D eigenvalue weighted by Gasteiger charge is 2.10. The summed E-state index contributed by atoms with van der Waals surface area (Å²) in [5.41, 5.74) is 2.29. The van der Waals surface area contributed by atoms with E-state index in [1.165, 1.54) is 5.56 Å². The second kappa shape index (κ2) is 5.54. The van der Waals surface area contributed by atoms with Gasteiger partial charge in [-0.3, -0.25) is 4.68 Å². The van der Waals surface area contributed by atoms with Gasteiger partial charge < -0.3 is 5.32 Å². The minimum absolute atomic E-state index is 0.262. The molecule has 2 aromatic rings. The Kier molecular flexibility index (Phi) is 3.82. The van der Waals surface area contributed by atoms with Crippen molar-refractivity contribution in [3.05, 3.63) is 42.2 Å². The molecule has 0 aromatic carbocycles. The maximum atomic E-state index is 4.27. The van der Waals surface area contributed by atoms with E-state index in [9.17, 15) is 0 Å². The van der Waals surface area contributed by atoms with Crippen LogP contribution in [0, 0.1) is 0 Å². The zero-order valence-corrected chi connectivity index (χ0v) is 10.2. The summed E-state index contributed by atoms with van der Waals surface area (Å²) in [5.74, 6) is 0. The molecule has 0 amide bonds. The van der Waals surface area contributed by atoms with Crippen molar-refractivity contribution in [2.75, 3.05) is 7.05 Å². The van der Waals surface area contributed by atoms with Crippen LogP contribution in [0.25, 0.3) is 0 Å². The molecule has 0 saturated heterocycles. The van der Waals surface area contributed by atoms with Crippen molar-refractivity contribution >= 4 is 0 Å². The Hall–Kier alpha value is -1.75. The Morgan fingerprint density at radius 2 is 2.35 bits per heavy atom. The largest absolute Gasteiger partial charge is 0.312 e. The molecular weight excluding hydrogens is 214 g/mol. The summed E-state index contributed by atoms with van der Waals surface area (Å²) < 4.78 is 1.83. The van der Waals surface area contributed by atoms with E-state index in [-0.39, 0.29) is 6.04 Å². The van der Waals surface area contributed by atoms with Gasteiger partial charge in [0.1, 0.15) is 6.33 Å². The van der Waals surface area contributed by atoms with Crippen LogP contribution in [0.3, 0.4) is 0 Å². The maximum absolute atomic E-state index is 4.27. The molecule has 0 aliphatic carbocycles. The average Bonchev–Trinajstić information content (AvgIpc) is 2.77. The Labute approximate surface area is 101 Å². The van der Waals surface area contributed by atoms with Crippen molar-refractivity contribution in [2.45, 2.75) is 18.9 Å². The summed E-state index contributed by atoms with van der Waals surface area (Å²) >= 11 is 0. The van der Waals surface area contributed by atoms with Gasteiger partial charge >= 0.3 is 0 Å². The number of nitrogens with zero attached hydrogens (tertiary/aromatic N) is 4. The Balaban J connectivity index is 1.97. The van der Waals surface area contributed by atoms with Crippen LogP contribution in [-0.2, 0) is 13.5 Å². The second-order valence-corrected chi connectivity index (χ2v) is 4.04. The predicted molar refractivity (Wildman–Crippen MR) is 65.4 cm³/mol. The van der Waals surface area contributed by atoms with E-state index in [4.69, 9.17) is 0 Å². The predicted octanol–water partition coefficient (Wildman–Crippen LogP) is 1.10. The van der Waals surface area contributed by atoms with Gasteiger partial charge in [-0.15, -0.1) is 0 Å². The standard InChI is InChI=1S/C12H17N5/c1-13-11(12-5-6-14-9-15-12)4-3-10-7-16-17(2)8-10/h5-9,11,13H,3-4H2,1-2H3. The third-order valence-electron chi connectivity index (χ3n) is 2.79. The molecule has 90 valence electrons. The Morgan fingerprint density at radius 3 is 2.94 bits per heavy atom. The first-order valence-corrected chi connectivity index (χ1v) is 5.70. The molecule has 1 atom stereocenters. The first kappa shape index (κ1) is 11.7. The summed E-state index contributed by atoms with van der Waals surface area (Å²) in [6.45, 7) is 0. The summed E-state index contributed by atoms with van der Waals surface area (Å²) in [6, 6.07) is 2.21. The van der Waals surface area contributed by atoms with Crippen molar-refractivity contribution < 1.29 is 0 Å². The molecule has 0 spiro atoms. The smallest absolute Gasteiger partial charge is 0.115 e. The van der Waals surface area contributed by atoms with Crippen molar-refractivity contribution in [3.63, 3.8) is 0 Å². The lowest BCUT2D eigenvalue weighted by Gasteiger charge is -2.14. The molecule has 0 radical (unpaired) electrons. The van der Waals surface area contributed by atoms with E-state index in [1.807, 2.05) is 37.2 Å². The van der Waals surface area contributed by atoms with Gasteiger partial charge in [-0.05, 0) is 31.5 Å². The first-order chi connectivity index (χ1) is 8.29. The third kappa shape index (κ3) is 3.10. The quantitative estimate of drug-likeness (QED) is 0.837. The summed E-state index contributed by atoms with van der Waals surface area (Å²) in [7, 11) is 3.89. The highest BCUT2D eigenvalue weighted by atomic mass is 15.2. The van der Waals surface area contributed by atoms with Crippen LogP contribution in [0.4, 0.5) is 0 Å². The minimum Gasteiger partial charge on any atom is -0.312 e. The van der Waals surface area contributed by atoms with E-state index in [1.54, 1.807) is 12.5 Å². The number of nitrogens with one attached hydrogen (secondary N) is 1. The van der Waals surface area contributed by atoms with Crippen molar-refractivity contribution in [1.29, 1.82) is 0 Å². The first-order valence-electron chi connectivity index (χ1n) is 5.70. The van der Waals surface area contributed by atoms with E-state index in [0.717, 1.165) is 18.5 Å². The second-order valence-electron chi connectivity index (χ2n) is 4.04. The Morgan fingerprint density at radius 1 is 1.47 bits per heavy atom. The lowest BCUT2D eigenvalue weighted by Crippen LogP contribution is -2.18. The third-order valence-corrected chi connectivity index (χ3v) is 2.79. The van der Waals surface area contributed by atoms with E-state index >= 15 is 0 Å². The van der Waals surface area contributed by atoms with Crippen molar-refractivity contribution in [1.82, 2.24) is 25.1 Å². The van der Waals surface area contributed by atoms with Crippen molar-refractivity contribution in [3.8, 4) is 0 Å². The SMILES string of the molecule is CNC(CCc1cnn(C)c1)c1ccncn1. The number of aryl methyl sites for hydroxylation is 2. The highest BCUT2D eigenvalue weighted by Crippen LogP contribution is 2.15. The molecule has 0 aliphatic heterocycles. The molecule has 5 heteroatoms. The van der Waals surface area contributed by atoms with Crippen molar-refractivity contribution in [2.24, 2.45) is 7.05 Å². The highest BCUT2D eigenvalue weighted by molar-refractivity contribution is 5.08. The fraction of sp³-hybridized carbons (Fsp3) is 0.417. The minimum atomic E-state index is 0.262. The van der Waals surface area contributed by atoms with Gasteiger partial charge in [-0.2, -0.15) is 5.10 Å². The molecule has 1 unspecified atom stereocenters. The summed E-state index contributed by atoms with van der Waals surface area (Å²) in [4.78, 5) is 8.20. The van der Waals surface area contributed by atoms with Gasteiger partial charge in [0.15, 0.2) is 0 Å².